The molecule has 4 rings (SSSR count). The van der Waals surface area contributed by atoms with Gasteiger partial charge in [0.2, 0.25) is 11.8 Å². The number of carbonyl (C=O) groups is 2. The van der Waals surface area contributed by atoms with Crippen LogP contribution in [-0.2, 0) is 15.8 Å². The van der Waals surface area contributed by atoms with E-state index in [4.69, 9.17) is 5.26 Å². The van der Waals surface area contributed by atoms with Gasteiger partial charge in [0, 0.05) is 57.3 Å². The molecule has 0 radical (unpaired) electrons. The second kappa shape index (κ2) is 7.98. The Labute approximate surface area is 185 Å². The van der Waals surface area contributed by atoms with Gasteiger partial charge in [0.1, 0.15) is 0 Å². The fourth-order valence-electron chi connectivity index (χ4n) is 5.15. The molecule has 1 aliphatic carbocycles. The number of likely N-dealkylation sites (tertiary alicyclic amines) is 1. The highest BCUT2D eigenvalue weighted by Crippen LogP contribution is 2.48. The van der Waals surface area contributed by atoms with Crippen molar-refractivity contribution in [3.8, 4) is 6.07 Å². The summed E-state index contributed by atoms with van der Waals surface area (Å²) >= 11 is 0. The number of halogens is 3. The Kier molecular flexibility index (Phi) is 5.60. The van der Waals surface area contributed by atoms with Crippen LogP contribution in [0, 0.1) is 28.6 Å². The third-order valence-electron chi connectivity index (χ3n) is 7.18. The third kappa shape index (κ3) is 4.03. The zero-order chi connectivity index (χ0) is 23.3. The number of nitrogens with zero attached hydrogens (tertiary/aromatic N) is 4. The lowest BCUT2D eigenvalue weighted by Gasteiger charge is -2.42. The van der Waals surface area contributed by atoms with Crippen molar-refractivity contribution in [2.24, 2.45) is 17.3 Å². The molecular weight excluding hydrogens is 421 g/mol. The first-order chi connectivity index (χ1) is 15.1. The van der Waals surface area contributed by atoms with Gasteiger partial charge in [-0.2, -0.15) is 18.4 Å². The summed E-state index contributed by atoms with van der Waals surface area (Å²) in [6.07, 6.45) is -1.46. The van der Waals surface area contributed by atoms with E-state index < -0.39 is 22.7 Å². The van der Waals surface area contributed by atoms with Crippen LogP contribution in [0.3, 0.4) is 0 Å². The van der Waals surface area contributed by atoms with E-state index in [0.29, 0.717) is 44.7 Å². The van der Waals surface area contributed by atoms with Crippen LogP contribution in [0.25, 0.3) is 0 Å². The van der Waals surface area contributed by atoms with Gasteiger partial charge < -0.3 is 14.7 Å². The second-order valence-electron chi connectivity index (χ2n) is 9.47. The summed E-state index contributed by atoms with van der Waals surface area (Å²) < 4.78 is 40.4. The van der Waals surface area contributed by atoms with Gasteiger partial charge in [-0.05, 0) is 43.9 Å². The van der Waals surface area contributed by atoms with Crippen LogP contribution in [0.5, 0.6) is 0 Å². The zero-order valence-electron chi connectivity index (χ0n) is 18.3. The minimum absolute atomic E-state index is 0.0424. The van der Waals surface area contributed by atoms with Crippen LogP contribution in [0.2, 0.25) is 0 Å². The van der Waals surface area contributed by atoms with Crippen molar-refractivity contribution >= 4 is 17.5 Å². The quantitative estimate of drug-likeness (QED) is 0.713. The summed E-state index contributed by atoms with van der Waals surface area (Å²) in [6.45, 7) is 1.91. The van der Waals surface area contributed by atoms with E-state index in [1.54, 1.807) is 20.2 Å². The first-order valence-electron chi connectivity index (χ1n) is 10.9. The van der Waals surface area contributed by atoms with E-state index in [9.17, 15) is 22.8 Å². The molecule has 1 saturated carbocycles. The Morgan fingerprint density at radius 3 is 2.38 bits per heavy atom. The van der Waals surface area contributed by atoms with E-state index >= 15 is 0 Å². The SMILES string of the molecule is CN(C)C(=O)C1CN(c2ccc(C#N)c(C(F)(F)F)c2)CC12CCN(C(=O)C1CC1)CC2. The van der Waals surface area contributed by atoms with E-state index in [1.807, 2.05) is 9.80 Å². The summed E-state index contributed by atoms with van der Waals surface area (Å²) in [4.78, 5) is 30.8. The summed E-state index contributed by atoms with van der Waals surface area (Å²) in [5.41, 5.74) is -1.41. The Morgan fingerprint density at radius 2 is 1.84 bits per heavy atom. The Balaban J connectivity index is 1.61. The van der Waals surface area contributed by atoms with Crippen LogP contribution in [0.15, 0.2) is 18.2 Å². The summed E-state index contributed by atoms with van der Waals surface area (Å²) in [5, 5.41) is 9.08. The van der Waals surface area contributed by atoms with Crippen molar-refractivity contribution in [3.63, 3.8) is 0 Å². The predicted octanol–water partition coefficient (Wildman–Crippen LogP) is 3.12. The van der Waals surface area contributed by atoms with E-state index in [1.165, 1.54) is 17.0 Å². The molecule has 1 spiro atoms. The van der Waals surface area contributed by atoms with E-state index in [2.05, 4.69) is 0 Å². The van der Waals surface area contributed by atoms with Crippen molar-refractivity contribution in [1.29, 1.82) is 5.26 Å². The van der Waals surface area contributed by atoms with Crippen molar-refractivity contribution in [3.05, 3.63) is 29.3 Å². The van der Waals surface area contributed by atoms with Crippen LogP contribution in [-0.4, -0.2) is 61.9 Å². The third-order valence-corrected chi connectivity index (χ3v) is 7.18. The van der Waals surface area contributed by atoms with Crippen molar-refractivity contribution in [2.75, 3.05) is 45.2 Å². The number of hydrogen-bond donors (Lipinski definition) is 0. The highest BCUT2D eigenvalue weighted by molar-refractivity contribution is 5.82. The average molecular weight is 448 g/mol. The molecule has 0 N–H and O–H groups in total. The maximum atomic E-state index is 13.5. The fourth-order valence-corrected chi connectivity index (χ4v) is 5.15. The molecule has 32 heavy (non-hydrogen) atoms. The number of amides is 2. The Bertz CT molecular complexity index is 957. The number of nitriles is 1. The molecule has 172 valence electrons. The van der Waals surface area contributed by atoms with Crippen LogP contribution < -0.4 is 4.90 Å². The predicted molar refractivity (Wildman–Crippen MR) is 112 cm³/mol. The van der Waals surface area contributed by atoms with Gasteiger partial charge in [-0.25, -0.2) is 0 Å². The van der Waals surface area contributed by atoms with Crippen LogP contribution in [0.4, 0.5) is 18.9 Å². The van der Waals surface area contributed by atoms with E-state index in [-0.39, 0.29) is 23.7 Å². The lowest BCUT2D eigenvalue weighted by atomic mass is 9.70. The molecular formula is C23H27F3N4O2. The topological polar surface area (TPSA) is 67.7 Å². The zero-order valence-corrected chi connectivity index (χ0v) is 18.3. The number of alkyl halides is 3. The number of benzene rings is 1. The first-order valence-corrected chi connectivity index (χ1v) is 10.9. The molecule has 1 atom stereocenters. The van der Waals surface area contributed by atoms with Crippen molar-refractivity contribution in [1.82, 2.24) is 9.80 Å². The normalized spacial score (nSPS) is 22.7. The molecule has 2 amide bonds. The minimum atomic E-state index is -4.63. The van der Waals surface area contributed by atoms with Gasteiger partial charge >= 0.3 is 6.18 Å². The molecule has 0 bridgehead atoms. The maximum Gasteiger partial charge on any atom is 0.417 e. The molecule has 0 aromatic heterocycles. The second-order valence-corrected chi connectivity index (χ2v) is 9.47. The van der Waals surface area contributed by atoms with Gasteiger partial charge in [0.25, 0.3) is 0 Å². The van der Waals surface area contributed by atoms with Crippen LogP contribution >= 0.6 is 0 Å². The molecule has 9 heteroatoms. The number of carbonyl (C=O) groups excluding carboxylic acids is 2. The number of anilines is 1. The smallest absolute Gasteiger partial charge is 0.370 e. The minimum Gasteiger partial charge on any atom is -0.370 e. The lowest BCUT2D eigenvalue weighted by molar-refractivity contribution is -0.140. The average Bonchev–Trinajstić information content (AvgIpc) is 3.55. The summed E-state index contributed by atoms with van der Waals surface area (Å²) in [6, 6.07) is 5.35. The van der Waals surface area contributed by atoms with Crippen molar-refractivity contribution < 1.29 is 22.8 Å². The Morgan fingerprint density at radius 1 is 1.19 bits per heavy atom. The van der Waals surface area contributed by atoms with Gasteiger partial charge in [-0.15, -0.1) is 0 Å². The van der Waals surface area contributed by atoms with E-state index in [0.717, 1.165) is 18.9 Å². The molecule has 1 aromatic rings. The van der Waals surface area contributed by atoms with Gasteiger partial charge in [0.15, 0.2) is 0 Å². The van der Waals surface area contributed by atoms with Gasteiger partial charge in [-0.3, -0.25) is 9.59 Å². The molecule has 3 aliphatic rings. The molecule has 1 aromatic carbocycles. The Hall–Kier alpha value is -2.76. The highest BCUT2D eigenvalue weighted by atomic mass is 19.4. The van der Waals surface area contributed by atoms with Gasteiger partial charge in [-0.1, -0.05) is 0 Å². The maximum absolute atomic E-state index is 13.5. The number of hydrogen-bond acceptors (Lipinski definition) is 4. The summed E-state index contributed by atoms with van der Waals surface area (Å²) in [7, 11) is 3.38. The highest BCUT2D eigenvalue weighted by Gasteiger charge is 2.52. The molecule has 3 fully saturated rings. The van der Waals surface area contributed by atoms with Crippen molar-refractivity contribution in [2.45, 2.75) is 31.9 Å². The number of rotatable bonds is 3. The monoisotopic (exact) mass is 448 g/mol. The molecule has 2 aliphatic heterocycles. The van der Waals surface area contributed by atoms with Crippen LogP contribution in [0.1, 0.15) is 36.8 Å². The largest absolute Gasteiger partial charge is 0.417 e. The fraction of sp³-hybridized carbons (Fsp3) is 0.609. The molecule has 6 nitrogen and oxygen atoms in total. The molecule has 2 heterocycles. The lowest BCUT2D eigenvalue weighted by Crippen LogP contribution is -2.49. The number of piperidine rings is 1. The molecule has 2 saturated heterocycles. The first kappa shape index (κ1) is 22.4. The summed E-state index contributed by atoms with van der Waals surface area (Å²) in [5.74, 6) is -0.0744. The standard InChI is InChI=1S/C23H27F3N4O2/c1-28(2)21(32)19-13-30(17-6-5-16(12-27)18(11-17)23(24,25)26)14-22(19)7-9-29(10-8-22)20(31)15-3-4-15/h5-6,11,15,19H,3-4,7-10,13-14H2,1-2H3. The van der Waals surface area contributed by atoms with Gasteiger partial charge in [0.05, 0.1) is 23.1 Å². The molecule has 1 unspecified atom stereocenters.